The van der Waals surface area contributed by atoms with Gasteiger partial charge in [0.15, 0.2) is 0 Å². The number of nitrogens with zero attached hydrogens (tertiary/aromatic N) is 3. The Hall–Kier alpha value is -4.19. The van der Waals surface area contributed by atoms with E-state index in [0.717, 1.165) is 27.8 Å². The number of hydrogen-bond acceptors (Lipinski definition) is 3. The topological polar surface area (TPSA) is 50.2 Å². The highest BCUT2D eigenvalue weighted by Crippen LogP contribution is 2.24. The van der Waals surface area contributed by atoms with Crippen LogP contribution in [0.25, 0.3) is 16.6 Å². The number of para-hydroxylation sites is 1. The van der Waals surface area contributed by atoms with Gasteiger partial charge in [-0.05, 0) is 55.0 Å². The van der Waals surface area contributed by atoms with Gasteiger partial charge in [0.05, 0.1) is 23.0 Å². The summed E-state index contributed by atoms with van der Waals surface area (Å²) < 4.78 is 15.0. The number of aromatic nitrogens is 2. The van der Waals surface area contributed by atoms with E-state index in [-0.39, 0.29) is 11.7 Å². The minimum Gasteiger partial charge on any atom is -0.348 e. The first-order valence-corrected chi connectivity index (χ1v) is 10.2. The van der Waals surface area contributed by atoms with Crippen LogP contribution in [-0.2, 0) is 6.54 Å². The van der Waals surface area contributed by atoms with Crippen molar-refractivity contribution in [1.29, 1.82) is 0 Å². The van der Waals surface area contributed by atoms with Crippen molar-refractivity contribution in [3.05, 3.63) is 115 Å². The van der Waals surface area contributed by atoms with E-state index >= 15 is 0 Å². The van der Waals surface area contributed by atoms with Crippen molar-refractivity contribution in [2.45, 2.75) is 13.5 Å². The van der Waals surface area contributed by atoms with Gasteiger partial charge in [0.2, 0.25) is 0 Å². The molecule has 0 unspecified atom stereocenters. The van der Waals surface area contributed by atoms with Crippen LogP contribution in [-0.4, -0.2) is 15.7 Å². The summed E-state index contributed by atoms with van der Waals surface area (Å²) in [4.78, 5) is 15.0. The summed E-state index contributed by atoms with van der Waals surface area (Å²) in [6.45, 7) is 6.16. The van der Waals surface area contributed by atoms with E-state index in [9.17, 15) is 9.18 Å². The molecule has 1 heterocycles. The molecule has 0 radical (unpaired) electrons. The number of carbonyl (C=O) groups is 1. The zero-order valence-electron chi connectivity index (χ0n) is 17.7. The van der Waals surface area contributed by atoms with E-state index in [1.54, 1.807) is 35.3 Å². The van der Waals surface area contributed by atoms with Crippen molar-refractivity contribution in [1.82, 2.24) is 15.1 Å². The number of rotatable bonds is 7. The Kier molecular flexibility index (Phi) is 6.12. The summed E-state index contributed by atoms with van der Waals surface area (Å²) in [5.74, 6) is -0.504. The van der Waals surface area contributed by atoms with Gasteiger partial charge in [-0.2, -0.15) is 5.10 Å². The van der Waals surface area contributed by atoms with E-state index in [1.807, 2.05) is 60.5 Å². The molecule has 1 amide bonds. The van der Waals surface area contributed by atoms with Crippen molar-refractivity contribution >= 4 is 22.5 Å². The maximum Gasteiger partial charge on any atom is 0.252 e. The Labute approximate surface area is 186 Å². The number of benzene rings is 3. The molecule has 160 valence electrons. The molecule has 1 aromatic heterocycles. The van der Waals surface area contributed by atoms with Crippen LogP contribution in [0.5, 0.6) is 0 Å². The van der Waals surface area contributed by atoms with Gasteiger partial charge in [0, 0.05) is 30.0 Å². The van der Waals surface area contributed by atoms with Gasteiger partial charge in [0.25, 0.3) is 5.91 Å². The van der Waals surface area contributed by atoms with Crippen LogP contribution in [0.15, 0.2) is 98.0 Å². The quantitative estimate of drug-likeness (QED) is 0.420. The summed E-state index contributed by atoms with van der Waals surface area (Å²) in [7, 11) is 0. The van der Waals surface area contributed by atoms with Crippen molar-refractivity contribution in [3.63, 3.8) is 0 Å². The fraction of sp³-hybridized carbons (Fsp3) is 0.0769. The summed E-state index contributed by atoms with van der Waals surface area (Å²) in [5.41, 5.74) is 3.94. The lowest BCUT2D eigenvalue weighted by molar-refractivity contribution is 0.0952. The molecule has 0 saturated carbocycles. The monoisotopic (exact) mass is 426 g/mol. The molecule has 0 fully saturated rings. The summed E-state index contributed by atoms with van der Waals surface area (Å²) in [6, 6.07) is 19.4. The summed E-state index contributed by atoms with van der Waals surface area (Å²) >= 11 is 0. The Morgan fingerprint density at radius 2 is 1.91 bits per heavy atom. The van der Waals surface area contributed by atoms with Crippen molar-refractivity contribution in [3.8, 4) is 5.69 Å². The third kappa shape index (κ3) is 4.16. The third-order valence-electron chi connectivity index (χ3n) is 5.14. The van der Waals surface area contributed by atoms with Crippen molar-refractivity contribution in [2.24, 2.45) is 0 Å². The third-order valence-corrected chi connectivity index (χ3v) is 5.14. The summed E-state index contributed by atoms with van der Waals surface area (Å²) in [6.07, 6.45) is 7.23. The molecular weight excluding hydrogens is 403 g/mol. The van der Waals surface area contributed by atoms with E-state index < -0.39 is 0 Å². The average Bonchev–Trinajstić information content (AvgIpc) is 3.26. The molecule has 0 atom stereocenters. The van der Waals surface area contributed by atoms with Gasteiger partial charge in [-0.15, -0.1) is 0 Å². The standard InChI is InChI=1S/C26H23FN4O/c1-3-16-30(4-2)24-10-6-5-8-19(24)17-28-26(32)22-9-7-11-25-23(22)18-29-31(25)21-14-12-20(27)13-15-21/h3-16,18H,2,17H2,1H3,(H,28,32)/b16-3-. The van der Waals surface area contributed by atoms with Crippen LogP contribution >= 0.6 is 0 Å². The SMILES string of the molecule is C=CN(/C=C\C)c1ccccc1CNC(=O)c1cccc2c1cnn2-c1ccc(F)cc1. The minimum atomic E-state index is -0.310. The molecule has 0 spiro atoms. The largest absolute Gasteiger partial charge is 0.348 e. The van der Waals surface area contributed by atoms with E-state index in [0.29, 0.717) is 12.1 Å². The van der Waals surface area contributed by atoms with E-state index in [4.69, 9.17) is 0 Å². The number of halogens is 1. The van der Waals surface area contributed by atoms with Crippen LogP contribution < -0.4 is 10.2 Å². The second kappa shape index (κ2) is 9.31. The lowest BCUT2D eigenvalue weighted by atomic mass is 10.1. The second-order valence-corrected chi connectivity index (χ2v) is 7.15. The predicted molar refractivity (Wildman–Crippen MR) is 126 cm³/mol. The second-order valence-electron chi connectivity index (χ2n) is 7.15. The summed E-state index contributed by atoms with van der Waals surface area (Å²) in [5, 5.41) is 8.16. The average molecular weight is 426 g/mol. The maximum atomic E-state index is 13.3. The molecule has 4 aromatic rings. The minimum absolute atomic E-state index is 0.194. The van der Waals surface area contributed by atoms with Crippen LogP contribution in [0.3, 0.4) is 0 Å². The Bertz CT molecular complexity index is 1290. The van der Waals surface area contributed by atoms with Crippen LogP contribution in [0.4, 0.5) is 10.1 Å². The molecule has 6 heteroatoms. The van der Waals surface area contributed by atoms with E-state index in [2.05, 4.69) is 17.0 Å². The molecule has 0 aliphatic carbocycles. The Balaban J connectivity index is 1.60. The highest BCUT2D eigenvalue weighted by molar-refractivity contribution is 6.06. The number of carbonyl (C=O) groups excluding carboxylic acids is 1. The van der Waals surface area contributed by atoms with Gasteiger partial charge in [0.1, 0.15) is 5.82 Å². The fourth-order valence-electron chi connectivity index (χ4n) is 3.62. The van der Waals surface area contributed by atoms with Gasteiger partial charge in [-0.25, -0.2) is 9.07 Å². The molecule has 5 nitrogen and oxygen atoms in total. The first-order chi connectivity index (χ1) is 15.6. The maximum absolute atomic E-state index is 13.3. The molecule has 32 heavy (non-hydrogen) atoms. The first-order valence-electron chi connectivity index (χ1n) is 10.2. The molecule has 0 aliphatic heterocycles. The van der Waals surface area contributed by atoms with Crippen molar-refractivity contribution in [2.75, 3.05) is 4.90 Å². The number of fused-ring (bicyclic) bond motifs is 1. The number of amides is 1. The molecular formula is C26H23FN4O. The Morgan fingerprint density at radius 1 is 1.12 bits per heavy atom. The zero-order valence-corrected chi connectivity index (χ0v) is 17.7. The molecule has 3 aromatic carbocycles. The zero-order chi connectivity index (χ0) is 22.5. The fourth-order valence-corrected chi connectivity index (χ4v) is 3.62. The van der Waals surface area contributed by atoms with Gasteiger partial charge in [-0.1, -0.05) is 36.9 Å². The van der Waals surface area contributed by atoms with Crippen molar-refractivity contribution < 1.29 is 9.18 Å². The van der Waals surface area contributed by atoms with Crippen LogP contribution in [0.1, 0.15) is 22.8 Å². The number of anilines is 1. The highest BCUT2D eigenvalue weighted by Gasteiger charge is 2.15. The van der Waals surface area contributed by atoms with Gasteiger partial charge in [-0.3, -0.25) is 4.79 Å². The molecule has 0 aliphatic rings. The normalized spacial score (nSPS) is 11.1. The number of nitrogens with one attached hydrogen (secondary N) is 1. The Morgan fingerprint density at radius 3 is 2.66 bits per heavy atom. The van der Waals surface area contributed by atoms with Crippen LogP contribution in [0.2, 0.25) is 0 Å². The smallest absolute Gasteiger partial charge is 0.252 e. The van der Waals surface area contributed by atoms with Gasteiger partial charge < -0.3 is 10.2 Å². The predicted octanol–water partition coefficient (Wildman–Crippen LogP) is 5.58. The molecule has 0 saturated heterocycles. The molecule has 4 rings (SSSR count). The molecule has 0 bridgehead atoms. The van der Waals surface area contributed by atoms with E-state index in [1.165, 1.54) is 12.1 Å². The van der Waals surface area contributed by atoms with Gasteiger partial charge >= 0.3 is 0 Å². The lowest BCUT2D eigenvalue weighted by Gasteiger charge is -2.19. The molecule has 1 N–H and O–H groups in total. The first kappa shape index (κ1) is 21.1. The number of hydrogen-bond donors (Lipinski definition) is 1. The van der Waals surface area contributed by atoms with Crippen LogP contribution in [0, 0.1) is 5.82 Å². The lowest BCUT2D eigenvalue weighted by Crippen LogP contribution is -2.24. The number of allylic oxidation sites excluding steroid dienone is 1. The highest BCUT2D eigenvalue weighted by atomic mass is 19.1.